The van der Waals surface area contributed by atoms with E-state index in [4.69, 9.17) is 15.7 Å². The first-order valence-electron chi connectivity index (χ1n) is 9.29. The number of nitrogens with zero attached hydrogens (tertiary/aromatic N) is 3. The Bertz CT molecular complexity index is 817. The molecule has 2 aliphatic rings. The number of piperidine rings is 1. The third kappa shape index (κ3) is 3.35. The van der Waals surface area contributed by atoms with Gasteiger partial charge < -0.3 is 15.4 Å². The summed E-state index contributed by atoms with van der Waals surface area (Å²) in [6.07, 6.45) is 4.62. The molecular weight excluding hydrogens is 344 g/mol. The van der Waals surface area contributed by atoms with Gasteiger partial charge in [0.15, 0.2) is 0 Å². The van der Waals surface area contributed by atoms with Gasteiger partial charge in [0.05, 0.1) is 28.8 Å². The second kappa shape index (κ2) is 7.36. The van der Waals surface area contributed by atoms with Crippen LogP contribution in [0.5, 0.6) is 0 Å². The summed E-state index contributed by atoms with van der Waals surface area (Å²) in [5.41, 5.74) is 8.04. The van der Waals surface area contributed by atoms with Crippen molar-refractivity contribution in [3.63, 3.8) is 0 Å². The first-order valence-corrected chi connectivity index (χ1v) is 10.1. The van der Waals surface area contributed by atoms with E-state index < -0.39 is 0 Å². The van der Waals surface area contributed by atoms with Gasteiger partial charge in [-0.3, -0.25) is 0 Å². The number of nitriles is 1. The van der Waals surface area contributed by atoms with E-state index in [0.717, 1.165) is 57.6 Å². The van der Waals surface area contributed by atoms with Crippen LogP contribution in [0.2, 0.25) is 0 Å². The van der Waals surface area contributed by atoms with Crippen LogP contribution >= 0.6 is 11.3 Å². The minimum absolute atomic E-state index is 0.144. The molecule has 5 nitrogen and oxygen atoms in total. The predicted molar refractivity (Wildman–Crippen MR) is 104 cm³/mol. The van der Waals surface area contributed by atoms with Crippen LogP contribution in [-0.4, -0.2) is 36.1 Å². The van der Waals surface area contributed by atoms with Gasteiger partial charge in [0.2, 0.25) is 0 Å². The van der Waals surface area contributed by atoms with Gasteiger partial charge in [-0.05, 0) is 49.6 Å². The second-order valence-corrected chi connectivity index (χ2v) is 8.23. The average Bonchev–Trinajstić information content (AvgIpc) is 3.10. The summed E-state index contributed by atoms with van der Waals surface area (Å²) in [5, 5.41) is 8.72. The number of hydrogen-bond acceptors (Lipinski definition) is 6. The van der Waals surface area contributed by atoms with E-state index >= 15 is 0 Å². The molecule has 0 saturated carbocycles. The number of ether oxygens (including phenoxy) is 1. The van der Waals surface area contributed by atoms with Crippen molar-refractivity contribution < 1.29 is 4.74 Å². The summed E-state index contributed by atoms with van der Waals surface area (Å²) in [6, 6.07) is 10.3. The van der Waals surface area contributed by atoms with Crippen LogP contribution in [-0.2, 0) is 16.8 Å². The third-order valence-corrected chi connectivity index (χ3v) is 6.67. The molecule has 0 aliphatic carbocycles. The van der Waals surface area contributed by atoms with Crippen LogP contribution < -0.4 is 5.73 Å². The van der Waals surface area contributed by atoms with Gasteiger partial charge in [-0.1, -0.05) is 6.07 Å². The summed E-state index contributed by atoms with van der Waals surface area (Å²) < 4.78 is 6.36. The Kier molecular flexibility index (Phi) is 4.94. The SMILES string of the molecule is N#CCCCN1CCC2(CC1)OCCc1sc(-c3cccc(N)n3)cc12. The van der Waals surface area contributed by atoms with Gasteiger partial charge in [0.1, 0.15) is 5.82 Å². The average molecular weight is 369 g/mol. The molecule has 2 aromatic rings. The lowest BCUT2D eigenvalue weighted by molar-refractivity contribution is -0.0970. The molecule has 6 heteroatoms. The number of aromatic nitrogens is 1. The van der Waals surface area contributed by atoms with Gasteiger partial charge in [0.25, 0.3) is 0 Å². The highest BCUT2D eigenvalue weighted by molar-refractivity contribution is 7.15. The third-order valence-electron chi connectivity index (χ3n) is 5.46. The van der Waals surface area contributed by atoms with Crippen molar-refractivity contribution in [1.29, 1.82) is 5.26 Å². The molecule has 0 amide bonds. The van der Waals surface area contributed by atoms with Gasteiger partial charge in [-0.15, -0.1) is 11.3 Å². The van der Waals surface area contributed by atoms with Crippen LogP contribution in [0.3, 0.4) is 0 Å². The Hall–Kier alpha value is -1.94. The van der Waals surface area contributed by atoms with Crippen molar-refractivity contribution in [3.8, 4) is 16.6 Å². The number of fused-ring (bicyclic) bond motifs is 2. The lowest BCUT2D eigenvalue weighted by Crippen LogP contribution is -2.46. The molecule has 0 atom stereocenters. The smallest absolute Gasteiger partial charge is 0.124 e. The molecule has 1 spiro atoms. The predicted octanol–water partition coefficient (Wildman–Crippen LogP) is 3.56. The number of unbranched alkanes of at least 4 members (excludes halogenated alkanes) is 1. The zero-order chi connectivity index (χ0) is 18.0. The molecule has 4 heterocycles. The van der Waals surface area contributed by atoms with E-state index in [1.807, 2.05) is 29.5 Å². The number of rotatable bonds is 4. The molecule has 0 bridgehead atoms. The molecule has 0 radical (unpaired) electrons. The minimum Gasteiger partial charge on any atom is -0.384 e. The van der Waals surface area contributed by atoms with Gasteiger partial charge in [0, 0.05) is 30.8 Å². The molecule has 0 unspecified atom stereocenters. The van der Waals surface area contributed by atoms with Crippen LogP contribution in [0.25, 0.3) is 10.6 Å². The lowest BCUT2D eigenvalue weighted by atomic mass is 9.82. The quantitative estimate of drug-likeness (QED) is 0.835. The zero-order valence-electron chi connectivity index (χ0n) is 14.9. The molecule has 136 valence electrons. The zero-order valence-corrected chi connectivity index (χ0v) is 15.7. The Morgan fingerprint density at radius 2 is 2.19 bits per heavy atom. The molecule has 26 heavy (non-hydrogen) atoms. The van der Waals surface area contributed by atoms with E-state index in [1.165, 1.54) is 15.3 Å². The van der Waals surface area contributed by atoms with Gasteiger partial charge in [-0.2, -0.15) is 5.26 Å². The fourth-order valence-corrected chi connectivity index (χ4v) is 5.27. The number of pyridine rings is 1. The van der Waals surface area contributed by atoms with Crippen molar-refractivity contribution in [3.05, 3.63) is 34.7 Å². The Morgan fingerprint density at radius 1 is 1.35 bits per heavy atom. The van der Waals surface area contributed by atoms with Crippen LogP contribution in [0.4, 0.5) is 5.82 Å². The molecular formula is C20H24N4OS. The Morgan fingerprint density at radius 3 is 2.96 bits per heavy atom. The van der Waals surface area contributed by atoms with Crippen molar-refractivity contribution in [1.82, 2.24) is 9.88 Å². The van der Waals surface area contributed by atoms with E-state index in [9.17, 15) is 0 Å². The molecule has 4 rings (SSSR count). The van der Waals surface area contributed by atoms with Crippen molar-refractivity contribution in [2.45, 2.75) is 37.7 Å². The van der Waals surface area contributed by atoms with E-state index in [2.05, 4.69) is 22.0 Å². The number of anilines is 1. The van der Waals surface area contributed by atoms with Crippen molar-refractivity contribution in [2.75, 3.05) is 32.0 Å². The monoisotopic (exact) mass is 368 g/mol. The maximum absolute atomic E-state index is 8.72. The van der Waals surface area contributed by atoms with E-state index in [-0.39, 0.29) is 5.60 Å². The van der Waals surface area contributed by atoms with Crippen molar-refractivity contribution >= 4 is 17.2 Å². The molecule has 2 aromatic heterocycles. The largest absolute Gasteiger partial charge is 0.384 e. The van der Waals surface area contributed by atoms with Gasteiger partial charge in [-0.25, -0.2) is 4.98 Å². The molecule has 2 aliphatic heterocycles. The highest BCUT2D eigenvalue weighted by Gasteiger charge is 2.41. The summed E-state index contributed by atoms with van der Waals surface area (Å²) in [6.45, 7) is 3.88. The van der Waals surface area contributed by atoms with Crippen molar-refractivity contribution in [2.24, 2.45) is 0 Å². The maximum Gasteiger partial charge on any atom is 0.124 e. The number of hydrogen-bond donors (Lipinski definition) is 1. The van der Waals surface area contributed by atoms with Crippen LogP contribution in [0.15, 0.2) is 24.3 Å². The molecule has 2 N–H and O–H groups in total. The van der Waals surface area contributed by atoms with E-state index in [0.29, 0.717) is 12.2 Å². The summed E-state index contributed by atoms with van der Waals surface area (Å²) in [7, 11) is 0. The summed E-state index contributed by atoms with van der Waals surface area (Å²) >= 11 is 1.83. The first-order chi connectivity index (χ1) is 12.7. The number of thiophene rings is 1. The highest BCUT2D eigenvalue weighted by Crippen LogP contribution is 2.46. The fourth-order valence-electron chi connectivity index (χ4n) is 4.07. The van der Waals surface area contributed by atoms with Crippen LogP contribution in [0, 0.1) is 11.3 Å². The summed E-state index contributed by atoms with van der Waals surface area (Å²) in [5.74, 6) is 0.561. The molecule has 1 fully saturated rings. The van der Waals surface area contributed by atoms with E-state index in [1.54, 1.807) is 0 Å². The highest BCUT2D eigenvalue weighted by atomic mass is 32.1. The van der Waals surface area contributed by atoms with Gasteiger partial charge >= 0.3 is 0 Å². The lowest BCUT2D eigenvalue weighted by Gasteiger charge is -2.44. The Labute approximate surface area is 158 Å². The fraction of sp³-hybridized carbons (Fsp3) is 0.500. The molecule has 1 saturated heterocycles. The standard InChI is InChI=1S/C20H24N4OS/c21-9-1-2-10-24-11-7-20(8-12-24)15-14-18(26-17(15)6-13-25-20)16-4-3-5-19(22)23-16/h3-5,14H,1-2,6-8,10-13H2,(H2,22,23). The Balaban J connectivity index is 1.54. The maximum atomic E-state index is 8.72. The second-order valence-electron chi connectivity index (χ2n) is 7.09. The topological polar surface area (TPSA) is 75.2 Å². The number of nitrogen functional groups attached to an aromatic ring is 1. The number of nitrogens with two attached hydrogens (primary N) is 1. The molecule has 0 aromatic carbocycles. The normalized spacial score (nSPS) is 19.2. The first kappa shape index (κ1) is 17.5. The number of likely N-dealkylation sites (tertiary alicyclic amines) is 1. The summed E-state index contributed by atoms with van der Waals surface area (Å²) in [4.78, 5) is 9.57. The minimum atomic E-state index is -0.144. The van der Waals surface area contributed by atoms with Crippen LogP contribution in [0.1, 0.15) is 36.1 Å².